The molecular weight excluding hydrogens is 434 g/mol. The van der Waals surface area contributed by atoms with Crippen molar-refractivity contribution >= 4 is 11.9 Å². The molecule has 0 aromatic heterocycles. The van der Waals surface area contributed by atoms with Crippen LogP contribution in [0, 0.1) is 0 Å². The second-order valence-electron chi connectivity index (χ2n) is 8.66. The molecule has 0 radical (unpaired) electrons. The van der Waals surface area contributed by atoms with Gasteiger partial charge in [-0.05, 0) is 35.1 Å². The Bertz CT molecular complexity index is 1130. The summed E-state index contributed by atoms with van der Waals surface area (Å²) in [6.45, 7) is 0. The predicted octanol–water partition coefficient (Wildman–Crippen LogP) is 5.61. The number of carboxylic acid groups (broad SMARTS) is 1. The lowest BCUT2D eigenvalue weighted by Crippen LogP contribution is -2.44. The number of hydrogen-bond donors (Lipinski definition) is 2. The third-order valence-electron chi connectivity index (χ3n) is 6.42. The maximum atomic E-state index is 13.5. The summed E-state index contributed by atoms with van der Waals surface area (Å²) in [4.78, 5) is 25.5. The molecule has 0 fully saturated rings. The fraction of sp³-hybridized carbons (Fsp3) is 0.161. The van der Waals surface area contributed by atoms with Crippen LogP contribution in [0.3, 0.4) is 0 Å². The van der Waals surface area contributed by atoms with Crippen LogP contribution in [0.2, 0.25) is 0 Å². The minimum atomic E-state index is -1.03. The first-order chi connectivity index (χ1) is 17.1. The number of carboxylic acids is 1. The highest BCUT2D eigenvalue weighted by molar-refractivity contribution is 5.85. The van der Waals surface area contributed by atoms with E-state index in [0.29, 0.717) is 12.8 Å². The van der Waals surface area contributed by atoms with Gasteiger partial charge in [-0.15, -0.1) is 0 Å². The summed E-state index contributed by atoms with van der Waals surface area (Å²) in [6.07, 6.45) is 0.972. The third-order valence-corrected chi connectivity index (χ3v) is 6.42. The average Bonchev–Trinajstić information content (AvgIpc) is 2.91. The zero-order chi connectivity index (χ0) is 24.5. The van der Waals surface area contributed by atoms with E-state index >= 15 is 0 Å². The number of benzene rings is 4. The molecule has 0 aliphatic heterocycles. The molecule has 0 aliphatic rings. The van der Waals surface area contributed by atoms with Gasteiger partial charge in [0.05, 0.1) is 5.41 Å². The van der Waals surface area contributed by atoms with Crippen molar-refractivity contribution < 1.29 is 14.7 Å². The molecule has 35 heavy (non-hydrogen) atoms. The number of nitrogens with one attached hydrogen (secondary N) is 1. The summed E-state index contributed by atoms with van der Waals surface area (Å²) in [5, 5.41) is 12.6. The number of rotatable bonds is 10. The number of carbonyl (C=O) groups is 2. The topological polar surface area (TPSA) is 66.4 Å². The fourth-order valence-electron chi connectivity index (χ4n) is 4.67. The van der Waals surface area contributed by atoms with Gasteiger partial charge < -0.3 is 10.4 Å². The van der Waals surface area contributed by atoms with Crippen LogP contribution >= 0.6 is 0 Å². The number of aliphatic carboxylic acids is 1. The van der Waals surface area contributed by atoms with Gasteiger partial charge in [0, 0.05) is 6.42 Å². The van der Waals surface area contributed by atoms with Crippen molar-refractivity contribution in [1.29, 1.82) is 0 Å². The second kappa shape index (κ2) is 11.3. The van der Waals surface area contributed by atoms with E-state index in [1.807, 2.05) is 121 Å². The first kappa shape index (κ1) is 24.0. The van der Waals surface area contributed by atoms with Crippen LogP contribution < -0.4 is 5.32 Å². The van der Waals surface area contributed by atoms with Gasteiger partial charge in [0.2, 0.25) is 5.91 Å². The van der Waals surface area contributed by atoms with Gasteiger partial charge >= 0.3 is 5.97 Å². The number of aryl methyl sites for hydroxylation is 1. The fourth-order valence-corrected chi connectivity index (χ4v) is 4.67. The van der Waals surface area contributed by atoms with Crippen molar-refractivity contribution in [3.05, 3.63) is 144 Å². The van der Waals surface area contributed by atoms with Crippen LogP contribution in [0.4, 0.5) is 0 Å². The predicted molar refractivity (Wildman–Crippen MR) is 138 cm³/mol. The lowest BCUT2D eigenvalue weighted by Gasteiger charge is -2.36. The highest BCUT2D eigenvalue weighted by Gasteiger charge is 2.39. The largest absolute Gasteiger partial charge is 0.480 e. The highest BCUT2D eigenvalue weighted by Crippen LogP contribution is 2.42. The molecule has 0 unspecified atom stereocenters. The summed E-state index contributed by atoms with van der Waals surface area (Å²) in [7, 11) is 0. The zero-order valence-corrected chi connectivity index (χ0v) is 19.5. The summed E-state index contributed by atoms with van der Waals surface area (Å²) in [5.41, 5.74) is 3.20. The van der Waals surface area contributed by atoms with Crippen molar-refractivity contribution in [2.24, 2.45) is 0 Å². The van der Waals surface area contributed by atoms with E-state index in [0.717, 1.165) is 22.3 Å². The van der Waals surface area contributed by atoms with Gasteiger partial charge in [-0.3, -0.25) is 4.79 Å². The van der Waals surface area contributed by atoms with Gasteiger partial charge in [0.15, 0.2) is 0 Å². The molecule has 4 aromatic carbocycles. The standard InChI is InChI=1S/C31H29NO3/c33-29(32-28(30(34)35)22-21-24-13-5-1-6-14-24)23-31(25-15-7-2-8-16-25,26-17-9-3-10-18-26)27-19-11-4-12-20-27/h1-20,28H,21-23H2,(H,32,33)(H,34,35)/t28-/m1/s1. The molecule has 0 saturated carbocycles. The van der Waals surface area contributed by atoms with Crippen LogP contribution in [0.25, 0.3) is 0 Å². The Morgan fingerprint density at radius 3 is 1.46 bits per heavy atom. The molecular formula is C31H29NO3. The quantitative estimate of drug-likeness (QED) is 0.300. The van der Waals surface area contributed by atoms with Crippen molar-refractivity contribution in [3.8, 4) is 0 Å². The Balaban J connectivity index is 1.67. The van der Waals surface area contributed by atoms with Crippen LogP contribution in [0.5, 0.6) is 0 Å². The second-order valence-corrected chi connectivity index (χ2v) is 8.66. The number of carbonyl (C=O) groups excluding carboxylic acids is 1. The van der Waals surface area contributed by atoms with Gasteiger partial charge in [-0.1, -0.05) is 121 Å². The van der Waals surface area contributed by atoms with E-state index in [1.54, 1.807) is 0 Å². The molecule has 0 bridgehead atoms. The van der Waals surface area contributed by atoms with Crippen molar-refractivity contribution in [2.45, 2.75) is 30.7 Å². The van der Waals surface area contributed by atoms with Gasteiger partial charge in [0.25, 0.3) is 0 Å². The molecule has 4 rings (SSSR count). The average molecular weight is 464 g/mol. The van der Waals surface area contributed by atoms with Crippen LogP contribution in [0.15, 0.2) is 121 Å². The number of hydrogen-bond acceptors (Lipinski definition) is 2. The Morgan fingerprint density at radius 2 is 1.06 bits per heavy atom. The van der Waals surface area contributed by atoms with Gasteiger partial charge in [-0.2, -0.15) is 0 Å². The maximum absolute atomic E-state index is 13.5. The van der Waals surface area contributed by atoms with E-state index in [2.05, 4.69) is 5.32 Å². The monoisotopic (exact) mass is 463 g/mol. The van der Waals surface area contributed by atoms with E-state index < -0.39 is 17.4 Å². The number of amides is 1. The molecule has 0 saturated heterocycles. The molecule has 176 valence electrons. The highest BCUT2D eigenvalue weighted by atomic mass is 16.4. The summed E-state index contributed by atoms with van der Waals surface area (Å²) in [6, 6.07) is 38.5. The minimum Gasteiger partial charge on any atom is -0.480 e. The van der Waals surface area contributed by atoms with Gasteiger partial charge in [-0.25, -0.2) is 4.79 Å². The normalized spacial score (nSPS) is 12.0. The first-order valence-corrected chi connectivity index (χ1v) is 11.8. The minimum absolute atomic E-state index is 0.0835. The zero-order valence-electron chi connectivity index (χ0n) is 19.5. The van der Waals surface area contributed by atoms with E-state index in [1.165, 1.54) is 0 Å². The smallest absolute Gasteiger partial charge is 0.326 e. The van der Waals surface area contributed by atoms with E-state index in [4.69, 9.17) is 0 Å². The molecule has 4 aromatic rings. The Morgan fingerprint density at radius 1 is 0.657 bits per heavy atom. The molecule has 1 amide bonds. The van der Waals surface area contributed by atoms with Crippen LogP contribution in [-0.2, 0) is 21.4 Å². The lowest BCUT2D eigenvalue weighted by atomic mass is 9.67. The molecule has 0 heterocycles. The Labute approximate surface area is 206 Å². The summed E-state index contributed by atoms with van der Waals surface area (Å²) >= 11 is 0. The molecule has 4 nitrogen and oxygen atoms in total. The van der Waals surface area contributed by atoms with E-state index in [-0.39, 0.29) is 12.3 Å². The van der Waals surface area contributed by atoms with Crippen LogP contribution in [0.1, 0.15) is 35.1 Å². The van der Waals surface area contributed by atoms with E-state index in [9.17, 15) is 14.7 Å². The molecule has 0 aliphatic carbocycles. The van der Waals surface area contributed by atoms with Crippen molar-refractivity contribution in [1.82, 2.24) is 5.32 Å². The SMILES string of the molecule is O=C(CC(c1ccccc1)(c1ccccc1)c1ccccc1)N[C@H](CCc1ccccc1)C(=O)O. The third kappa shape index (κ3) is 5.67. The maximum Gasteiger partial charge on any atom is 0.326 e. The first-order valence-electron chi connectivity index (χ1n) is 11.8. The summed E-state index contributed by atoms with van der Waals surface area (Å²) in [5.74, 6) is -1.33. The van der Waals surface area contributed by atoms with Gasteiger partial charge in [0.1, 0.15) is 6.04 Å². The Hall–Kier alpha value is -4.18. The van der Waals surface area contributed by atoms with Crippen LogP contribution in [-0.4, -0.2) is 23.0 Å². The molecule has 4 heteroatoms. The van der Waals surface area contributed by atoms with Crippen molar-refractivity contribution in [3.63, 3.8) is 0 Å². The lowest BCUT2D eigenvalue weighted by molar-refractivity contribution is -0.142. The molecule has 2 N–H and O–H groups in total. The molecule has 0 spiro atoms. The Kier molecular flexibility index (Phi) is 7.74. The van der Waals surface area contributed by atoms with Crippen molar-refractivity contribution in [2.75, 3.05) is 0 Å². The molecule has 1 atom stereocenters. The summed E-state index contributed by atoms with van der Waals surface area (Å²) < 4.78 is 0.